The third kappa shape index (κ3) is 5.21. The zero-order chi connectivity index (χ0) is 22.7. The second kappa shape index (κ2) is 9.87. The highest BCUT2D eigenvalue weighted by atomic mass is 16.2. The first kappa shape index (κ1) is 22.5. The van der Waals surface area contributed by atoms with Gasteiger partial charge in [0.25, 0.3) is 5.91 Å². The molecule has 170 valence electrons. The summed E-state index contributed by atoms with van der Waals surface area (Å²) in [6.07, 6.45) is 8.09. The fourth-order valence-corrected chi connectivity index (χ4v) is 4.91. The first-order valence-corrected chi connectivity index (χ1v) is 11.9. The number of piperidine rings is 1. The lowest BCUT2D eigenvalue weighted by atomic mass is 9.91. The summed E-state index contributed by atoms with van der Waals surface area (Å²) < 4.78 is 0. The van der Waals surface area contributed by atoms with E-state index in [2.05, 4.69) is 36.0 Å². The van der Waals surface area contributed by atoms with Gasteiger partial charge in [-0.05, 0) is 37.1 Å². The van der Waals surface area contributed by atoms with Gasteiger partial charge in [-0.2, -0.15) is 0 Å². The maximum absolute atomic E-state index is 12.7. The molecule has 0 radical (unpaired) electrons. The second-order valence-corrected chi connectivity index (χ2v) is 9.70. The number of imide groups is 1. The number of amides is 3. The van der Waals surface area contributed by atoms with E-state index in [4.69, 9.17) is 0 Å². The molecule has 6 heteroatoms. The average molecular weight is 436 g/mol. The van der Waals surface area contributed by atoms with Gasteiger partial charge in [0.05, 0.1) is 0 Å². The summed E-state index contributed by atoms with van der Waals surface area (Å²) in [5.41, 5.74) is 2.35. The lowest BCUT2D eigenvalue weighted by molar-refractivity contribution is -0.136. The minimum atomic E-state index is -0.572. The molecule has 5 rings (SSSR count). The van der Waals surface area contributed by atoms with Gasteiger partial charge in [-0.1, -0.05) is 56.9 Å². The molecule has 1 aromatic rings. The molecule has 1 aromatic carbocycles. The monoisotopic (exact) mass is 435 g/mol. The molecule has 0 spiro atoms. The molecule has 4 aliphatic rings. The summed E-state index contributed by atoms with van der Waals surface area (Å²) in [5, 5.41) is 2.32. The molecule has 0 aromatic heterocycles. The number of nitrogens with one attached hydrogen (secondary N) is 1. The van der Waals surface area contributed by atoms with Crippen LogP contribution in [0.2, 0.25) is 0 Å². The van der Waals surface area contributed by atoms with Gasteiger partial charge in [-0.25, -0.2) is 0 Å². The van der Waals surface area contributed by atoms with Crippen molar-refractivity contribution in [2.45, 2.75) is 64.5 Å². The number of hydrogen-bond acceptors (Lipinski definition) is 4. The summed E-state index contributed by atoms with van der Waals surface area (Å²) in [6, 6.07) is 5.09. The molecule has 32 heavy (non-hydrogen) atoms. The van der Waals surface area contributed by atoms with Crippen molar-refractivity contribution in [1.29, 1.82) is 0 Å². The lowest BCUT2D eigenvalue weighted by Gasteiger charge is -2.32. The third-order valence-electron chi connectivity index (χ3n) is 6.91. The minimum absolute atomic E-state index is 0.156. The standard InChI is InChI=1S/C19H19N3O3.C7H14/c1-21-9-13(10-21)3-2-12-4-5-14-11-22(19(25)15(14)8-12)16-6-7-17(23)20-18(16)24;1-7-5-3-2-4-6-7/h4-5,8,13,16H,6-7,9-11H2,1H3,(H,20,23,24);7H,2-6H2,1H3. The average Bonchev–Trinajstić information content (AvgIpc) is 3.07. The summed E-state index contributed by atoms with van der Waals surface area (Å²) in [7, 11) is 2.07. The molecule has 1 unspecified atom stereocenters. The normalized spacial score (nSPS) is 24.0. The number of fused-ring (bicyclic) bond motifs is 1. The van der Waals surface area contributed by atoms with Crippen LogP contribution in [0.25, 0.3) is 0 Å². The van der Waals surface area contributed by atoms with Crippen molar-refractivity contribution in [2.75, 3.05) is 20.1 Å². The summed E-state index contributed by atoms with van der Waals surface area (Å²) >= 11 is 0. The van der Waals surface area contributed by atoms with E-state index < -0.39 is 6.04 Å². The van der Waals surface area contributed by atoms with Crippen LogP contribution in [-0.2, 0) is 16.1 Å². The van der Waals surface area contributed by atoms with E-state index in [0.717, 1.165) is 30.1 Å². The quantitative estimate of drug-likeness (QED) is 0.544. The zero-order valence-corrected chi connectivity index (χ0v) is 19.2. The summed E-state index contributed by atoms with van der Waals surface area (Å²) in [5.74, 6) is 7.02. The van der Waals surface area contributed by atoms with Crippen LogP contribution >= 0.6 is 0 Å². The first-order chi connectivity index (χ1) is 15.4. The molecule has 0 bridgehead atoms. The highest BCUT2D eigenvalue weighted by Gasteiger charge is 2.39. The molecule has 3 amide bonds. The zero-order valence-electron chi connectivity index (χ0n) is 19.2. The maximum atomic E-state index is 12.7. The largest absolute Gasteiger partial charge is 0.322 e. The Morgan fingerprint density at radius 2 is 1.78 bits per heavy atom. The fraction of sp³-hybridized carbons (Fsp3) is 0.577. The van der Waals surface area contributed by atoms with Crippen LogP contribution in [0.15, 0.2) is 18.2 Å². The molecule has 6 nitrogen and oxygen atoms in total. The van der Waals surface area contributed by atoms with Crippen LogP contribution < -0.4 is 5.32 Å². The third-order valence-corrected chi connectivity index (χ3v) is 6.91. The van der Waals surface area contributed by atoms with Crippen LogP contribution in [0.3, 0.4) is 0 Å². The predicted octanol–water partition coefficient (Wildman–Crippen LogP) is 2.95. The van der Waals surface area contributed by atoms with Gasteiger partial charge in [0.15, 0.2) is 0 Å². The first-order valence-electron chi connectivity index (χ1n) is 11.9. The van der Waals surface area contributed by atoms with Crippen molar-refractivity contribution in [1.82, 2.24) is 15.1 Å². The molecule has 3 heterocycles. The number of carbonyl (C=O) groups excluding carboxylic acids is 3. The van der Waals surface area contributed by atoms with E-state index in [-0.39, 0.29) is 24.1 Å². The Hall–Kier alpha value is -2.65. The van der Waals surface area contributed by atoms with Gasteiger partial charge < -0.3 is 9.80 Å². The molecular formula is C26H33N3O3. The van der Waals surface area contributed by atoms with Crippen molar-refractivity contribution < 1.29 is 14.4 Å². The fourth-order valence-electron chi connectivity index (χ4n) is 4.91. The van der Waals surface area contributed by atoms with E-state index >= 15 is 0 Å². The molecule has 3 aliphatic heterocycles. The minimum Gasteiger partial charge on any atom is -0.322 e. The van der Waals surface area contributed by atoms with E-state index in [1.807, 2.05) is 18.2 Å². The van der Waals surface area contributed by atoms with Gasteiger partial charge in [-0.15, -0.1) is 0 Å². The molecule has 1 aliphatic carbocycles. The van der Waals surface area contributed by atoms with Crippen molar-refractivity contribution >= 4 is 17.7 Å². The topological polar surface area (TPSA) is 69.7 Å². The number of rotatable bonds is 1. The van der Waals surface area contributed by atoms with Crippen molar-refractivity contribution in [3.05, 3.63) is 34.9 Å². The predicted molar refractivity (Wildman–Crippen MR) is 123 cm³/mol. The Labute approximate surface area is 190 Å². The Morgan fingerprint density at radius 3 is 2.41 bits per heavy atom. The van der Waals surface area contributed by atoms with E-state index in [1.165, 1.54) is 32.1 Å². The Bertz CT molecular complexity index is 949. The van der Waals surface area contributed by atoms with Crippen LogP contribution in [0.1, 0.15) is 73.4 Å². The number of likely N-dealkylation sites (tertiary alicyclic amines) is 1. The van der Waals surface area contributed by atoms with Crippen LogP contribution in [0.5, 0.6) is 0 Å². The van der Waals surface area contributed by atoms with Crippen LogP contribution in [0, 0.1) is 23.7 Å². The molecule has 2 saturated heterocycles. The SMILES string of the molecule is CC1CCCCC1.CN1CC(C#Cc2ccc3c(c2)C(=O)N(C2CCC(=O)NC2=O)C3)C1. The summed E-state index contributed by atoms with van der Waals surface area (Å²) in [6.45, 7) is 4.74. The van der Waals surface area contributed by atoms with Gasteiger partial charge in [-0.3, -0.25) is 19.7 Å². The molecule has 3 fully saturated rings. The van der Waals surface area contributed by atoms with Crippen LogP contribution in [-0.4, -0.2) is 53.7 Å². The Morgan fingerprint density at radius 1 is 1.03 bits per heavy atom. The van der Waals surface area contributed by atoms with Gasteiger partial charge in [0.1, 0.15) is 6.04 Å². The van der Waals surface area contributed by atoms with Gasteiger partial charge in [0, 0.05) is 43.1 Å². The molecule has 1 atom stereocenters. The maximum Gasteiger partial charge on any atom is 0.255 e. The number of nitrogens with zero attached hydrogens (tertiary/aromatic N) is 2. The van der Waals surface area contributed by atoms with Crippen molar-refractivity contribution in [3.63, 3.8) is 0 Å². The number of carbonyl (C=O) groups is 3. The van der Waals surface area contributed by atoms with Crippen LogP contribution in [0.4, 0.5) is 0 Å². The van der Waals surface area contributed by atoms with E-state index in [1.54, 1.807) is 4.90 Å². The lowest BCUT2D eigenvalue weighted by Crippen LogP contribution is -2.52. The van der Waals surface area contributed by atoms with E-state index in [9.17, 15) is 14.4 Å². The Balaban J connectivity index is 0.000000300. The highest BCUT2D eigenvalue weighted by Crippen LogP contribution is 2.28. The highest BCUT2D eigenvalue weighted by molar-refractivity contribution is 6.05. The number of hydrogen-bond donors (Lipinski definition) is 1. The molecule has 1 N–H and O–H groups in total. The Kier molecular flexibility index (Phi) is 6.95. The number of benzene rings is 1. The van der Waals surface area contributed by atoms with E-state index in [0.29, 0.717) is 24.4 Å². The molecular weight excluding hydrogens is 402 g/mol. The summed E-state index contributed by atoms with van der Waals surface area (Å²) in [4.78, 5) is 39.8. The van der Waals surface area contributed by atoms with Gasteiger partial charge >= 0.3 is 0 Å². The van der Waals surface area contributed by atoms with Crippen molar-refractivity contribution in [3.8, 4) is 11.8 Å². The van der Waals surface area contributed by atoms with Gasteiger partial charge in [0.2, 0.25) is 11.8 Å². The smallest absolute Gasteiger partial charge is 0.255 e. The second-order valence-electron chi connectivity index (χ2n) is 9.70. The molecule has 1 saturated carbocycles. The van der Waals surface area contributed by atoms with Crippen molar-refractivity contribution in [2.24, 2.45) is 11.8 Å².